The van der Waals surface area contributed by atoms with Gasteiger partial charge in [-0.25, -0.2) is 0 Å². The number of aromatic nitrogens is 1. The van der Waals surface area contributed by atoms with Gasteiger partial charge >= 0.3 is 0 Å². The minimum absolute atomic E-state index is 0.174. The van der Waals surface area contributed by atoms with Gasteiger partial charge in [0, 0.05) is 24.6 Å². The van der Waals surface area contributed by atoms with Crippen molar-refractivity contribution in [2.75, 3.05) is 20.8 Å². The highest BCUT2D eigenvalue weighted by atomic mass is 16.5. The SMILES string of the molecule is COc1ccc(C(=O)NCCc2cc(C)no2)cc1OC. The Kier molecular flexibility index (Phi) is 4.81. The molecule has 0 aliphatic heterocycles. The highest BCUT2D eigenvalue weighted by molar-refractivity contribution is 5.94. The second-order valence-electron chi connectivity index (χ2n) is 4.51. The maximum absolute atomic E-state index is 12.1. The fourth-order valence-corrected chi connectivity index (χ4v) is 1.91. The number of aryl methyl sites for hydroxylation is 1. The Bertz CT molecular complexity index is 622. The van der Waals surface area contributed by atoms with Crippen LogP contribution in [0, 0.1) is 6.92 Å². The van der Waals surface area contributed by atoms with Crippen LogP contribution in [0.1, 0.15) is 21.8 Å². The number of amides is 1. The van der Waals surface area contributed by atoms with E-state index >= 15 is 0 Å². The molecule has 0 saturated carbocycles. The quantitative estimate of drug-likeness (QED) is 0.880. The number of hydrogen-bond donors (Lipinski definition) is 1. The summed E-state index contributed by atoms with van der Waals surface area (Å²) in [6, 6.07) is 6.89. The van der Waals surface area contributed by atoms with Crippen molar-refractivity contribution in [2.24, 2.45) is 0 Å². The largest absolute Gasteiger partial charge is 0.493 e. The van der Waals surface area contributed by atoms with E-state index in [1.54, 1.807) is 25.3 Å². The molecule has 2 aromatic rings. The Balaban J connectivity index is 1.93. The van der Waals surface area contributed by atoms with Gasteiger partial charge in [0.15, 0.2) is 11.5 Å². The average Bonchev–Trinajstić information content (AvgIpc) is 2.91. The van der Waals surface area contributed by atoms with Gasteiger partial charge in [0.05, 0.1) is 19.9 Å². The van der Waals surface area contributed by atoms with Crippen molar-refractivity contribution in [1.82, 2.24) is 10.5 Å². The van der Waals surface area contributed by atoms with Crippen molar-refractivity contribution in [3.05, 3.63) is 41.3 Å². The van der Waals surface area contributed by atoms with Crippen LogP contribution in [-0.4, -0.2) is 31.8 Å². The molecule has 6 heteroatoms. The number of ether oxygens (including phenoxy) is 2. The van der Waals surface area contributed by atoms with E-state index in [9.17, 15) is 4.79 Å². The summed E-state index contributed by atoms with van der Waals surface area (Å²) in [6.07, 6.45) is 0.597. The zero-order chi connectivity index (χ0) is 15.2. The second kappa shape index (κ2) is 6.78. The molecule has 0 aliphatic carbocycles. The Hall–Kier alpha value is -2.50. The predicted molar refractivity (Wildman–Crippen MR) is 76.8 cm³/mol. The van der Waals surface area contributed by atoms with E-state index in [0.717, 1.165) is 11.5 Å². The van der Waals surface area contributed by atoms with Crippen molar-refractivity contribution >= 4 is 5.91 Å². The molecule has 0 saturated heterocycles. The van der Waals surface area contributed by atoms with Crippen molar-refractivity contribution in [3.8, 4) is 11.5 Å². The summed E-state index contributed by atoms with van der Waals surface area (Å²) in [4.78, 5) is 12.1. The molecule has 1 N–H and O–H groups in total. The van der Waals surface area contributed by atoms with Gasteiger partial charge in [0.25, 0.3) is 5.91 Å². The highest BCUT2D eigenvalue weighted by Gasteiger charge is 2.10. The summed E-state index contributed by atoms with van der Waals surface area (Å²) < 4.78 is 15.4. The van der Waals surface area contributed by atoms with Gasteiger partial charge in [0.1, 0.15) is 5.76 Å². The molecule has 0 unspecified atom stereocenters. The number of nitrogens with zero attached hydrogens (tertiary/aromatic N) is 1. The molecular formula is C15H18N2O4. The summed E-state index contributed by atoms with van der Waals surface area (Å²) in [5.74, 6) is 1.69. The third kappa shape index (κ3) is 3.75. The van der Waals surface area contributed by atoms with E-state index in [4.69, 9.17) is 14.0 Å². The number of methoxy groups -OCH3 is 2. The number of nitrogens with one attached hydrogen (secondary N) is 1. The molecule has 1 aromatic carbocycles. The average molecular weight is 290 g/mol. The zero-order valence-corrected chi connectivity index (χ0v) is 12.3. The van der Waals surface area contributed by atoms with Gasteiger partial charge in [-0.2, -0.15) is 0 Å². The van der Waals surface area contributed by atoms with Crippen LogP contribution < -0.4 is 14.8 Å². The van der Waals surface area contributed by atoms with E-state index in [-0.39, 0.29) is 5.91 Å². The predicted octanol–water partition coefficient (Wildman–Crippen LogP) is 1.97. The molecule has 0 bridgehead atoms. The number of rotatable bonds is 6. The molecule has 0 spiro atoms. The first-order valence-corrected chi connectivity index (χ1v) is 6.56. The standard InChI is InChI=1S/C15H18N2O4/c1-10-8-12(21-17-10)6-7-16-15(18)11-4-5-13(19-2)14(9-11)20-3/h4-5,8-9H,6-7H2,1-3H3,(H,16,18). The normalized spacial score (nSPS) is 10.2. The van der Waals surface area contributed by atoms with Gasteiger partial charge < -0.3 is 19.3 Å². The summed E-state index contributed by atoms with van der Waals surface area (Å²) in [5, 5.41) is 6.62. The van der Waals surface area contributed by atoms with Gasteiger partial charge in [0.2, 0.25) is 0 Å². The van der Waals surface area contributed by atoms with Crippen LogP contribution in [0.3, 0.4) is 0 Å². The first kappa shape index (κ1) is 14.9. The fourth-order valence-electron chi connectivity index (χ4n) is 1.91. The zero-order valence-electron chi connectivity index (χ0n) is 12.3. The Morgan fingerprint density at radius 2 is 2.00 bits per heavy atom. The van der Waals surface area contributed by atoms with E-state index in [0.29, 0.717) is 30.0 Å². The lowest BCUT2D eigenvalue weighted by atomic mass is 10.2. The first-order chi connectivity index (χ1) is 10.1. The van der Waals surface area contributed by atoms with E-state index < -0.39 is 0 Å². The molecule has 1 amide bonds. The molecule has 1 heterocycles. The number of carbonyl (C=O) groups excluding carboxylic acids is 1. The lowest BCUT2D eigenvalue weighted by Crippen LogP contribution is -2.25. The maximum Gasteiger partial charge on any atom is 0.251 e. The van der Waals surface area contributed by atoms with Crippen LogP contribution in [0.5, 0.6) is 11.5 Å². The van der Waals surface area contributed by atoms with Crippen LogP contribution in [0.4, 0.5) is 0 Å². The van der Waals surface area contributed by atoms with Gasteiger partial charge in [-0.3, -0.25) is 4.79 Å². The van der Waals surface area contributed by atoms with Crippen LogP contribution in [-0.2, 0) is 6.42 Å². The Morgan fingerprint density at radius 1 is 1.24 bits per heavy atom. The molecular weight excluding hydrogens is 272 g/mol. The van der Waals surface area contributed by atoms with Gasteiger partial charge in [-0.05, 0) is 25.1 Å². The molecule has 0 radical (unpaired) electrons. The van der Waals surface area contributed by atoms with Crippen molar-refractivity contribution < 1.29 is 18.8 Å². The van der Waals surface area contributed by atoms with Crippen molar-refractivity contribution in [3.63, 3.8) is 0 Å². The summed E-state index contributed by atoms with van der Waals surface area (Å²) in [6.45, 7) is 2.33. The number of benzene rings is 1. The van der Waals surface area contributed by atoms with Crippen molar-refractivity contribution in [1.29, 1.82) is 0 Å². The summed E-state index contributed by atoms with van der Waals surface area (Å²) >= 11 is 0. The van der Waals surface area contributed by atoms with E-state index in [2.05, 4.69) is 10.5 Å². The smallest absolute Gasteiger partial charge is 0.251 e. The Labute approximate surface area is 123 Å². The molecule has 2 rings (SSSR count). The summed E-state index contributed by atoms with van der Waals surface area (Å²) in [5.41, 5.74) is 1.35. The van der Waals surface area contributed by atoms with Gasteiger partial charge in [-0.1, -0.05) is 5.16 Å². The molecule has 0 atom stereocenters. The minimum atomic E-state index is -0.174. The number of hydrogen-bond acceptors (Lipinski definition) is 5. The summed E-state index contributed by atoms with van der Waals surface area (Å²) in [7, 11) is 3.09. The monoisotopic (exact) mass is 290 g/mol. The maximum atomic E-state index is 12.1. The fraction of sp³-hybridized carbons (Fsp3) is 0.333. The van der Waals surface area contributed by atoms with Crippen LogP contribution in [0.15, 0.2) is 28.8 Å². The molecule has 112 valence electrons. The molecule has 0 fully saturated rings. The van der Waals surface area contributed by atoms with Crippen LogP contribution in [0.25, 0.3) is 0 Å². The first-order valence-electron chi connectivity index (χ1n) is 6.56. The molecule has 21 heavy (non-hydrogen) atoms. The third-order valence-corrected chi connectivity index (χ3v) is 2.98. The van der Waals surface area contributed by atoms with E-state index in [1.165, 1.54) is 7.11 Å². The minimum Gasteiger partial charge on any atom is -0.493 e. The number of carbonyl (C=O) groups is 1. The molecule has 6 nitrogen and oxygen atoms in total. The highest BCUT2D eigenvalue weighted by Crippen LogP contribution is 2.27. The van der Waals surface area contributed by atoms with Crippen LogP contribution in [0.2, 0.25) is 0 Å². The molecule has 1 aromatic heterocycles. The van der Waals surface area contributed by atoms with Crippen LogP contribution >= 0.6 is 0 Å². The Morgan fingerprint density at radius 3 is 2.62 bits per heavy atom. The molecule has 0 aliphatic rings. The lowest BCUT2D eigenvalue weighted by Gasteiger charge is -2.09. The topological polar surface area (TPSA) is 73.6 Å². The van der Waals surface area contributed by atoms with Crippen molar-refractivity contribution in [2.45, 2.75) is 13.3 Å². The van der Waals surface area contributed by atoms with E-state index in [1.807, 2.05) is 13.0 Å². The lowest BCUT2D eigenvalue weighted by molar-refractivity contribution is 0.0953. The second-order valence-corrected chi connectivity index (χ2v) is 4.51. The van der Waals surface area contributed by atoms with Gasteiger partial charge in [-0.15, -0.1) is 0 Å². The third-order valence-electron chi connectivity index (χ3n) is 2.98.